The van der Waals surface area contributed by atoms with Crippen molar-refractivity contribution in [2.75, 3.05) is 6.54 Å². The van der Waals surface area contributed by atoms with Gasteiger partial charge in [0.25, 0.3) is 0 Å². The van der Waals surface area contributed by atoms with Crippen molar-refractivity contribution in [1.82, 2.24) is 10.2 Å². The molecule has 4 nitrogen and oxygen atoms in total. The Morgan fingerprint density at radius 3 is 2.17 bits per heavy atom. The van der Waals surface area contributed by atoms with Gasteiger partial charge in [0.15, 0.2) is 0 Å². The summed E-state index contributed by atoms with van der Waals surface area (Å²) < 4.78 is 0. The number of nitrogens with zero attached hydrogens (tertiary/aromatic N) is 1. The number of amides is 2. The highest BCUT2D eigenvalue weighted by Gasteiger charge is 2.33. The summed E-state index contributed by atoms with van der Waals surface area (Å²) in [6, 6.07) is -0.262. The van der Waals surface area contributed by atoms with Crippen LogP contribution in [0, 0.1) is 0 Å². The van der Waals surface area contributed by atoms with Gasteiger partial charge in [0.05, 0.1) is 0 Å². The Morgan fingerprint density at radius 1 is 1.28 bits per heavy atom. The van der Waals surface area contributed by atoms with Gasteiger partial charge < -0.3 is 10.2 Å². The molecule has 2 amide bonds. The van der Waals surface area contributed by atoms with Crippen molar-refractivity contribution < 1.29 is 9.59 Å². The molecule has 0 aliphatic carbocycles. The molecule has 106 valence electrons. The third-order valence-electron chi connectivity index (χ3n) is 2.46. The maximum atomic E-state index is 11.9. The van der Waals surface area contributed by atoms with Crippen LogP contribution in [-0.4, -0.2) is 34.8 Å². The third kappa shape index (κ3) is 6.03. The summed E-state index contributed by atoms with van der Waals surface area (Å²) in [5, 5.41) is 2.91. The van der Waals surface area contributed by atoms with Gasteiger partial charge in [-0.15, -0.1) is 0 Å². The lowest BCUT2D eigenvalue weighted by molar-refractivity contribution is -0.137. The van der Waals surface area contributed by atoms with Crippen molar-refractivity contribution in [3.05, 3.63) is 0 Å². The van der Waals surface area contributed by atoms with E-state index in [1.54, 1.807) is 4.90 Å². The van der Waals surface area contributed by atoms with Crippen LogP contribution in [-0.2, 0) is 9.59 Å². The summed E-state index contributed by atoms with van der Waals surface area (Å²) in [6.45, 7) is 12.3. The molecule has 1 atom stereocenters. The van der Waals surface area contributed by atoms with Crippen LogP contribution in [0.15, 0.2) is 0 Å². The van der Waals surface area contributed by atoms with Crippen LogP contribution < -0.4 is 5.32 Å². The second-order valence-corrected chi connectivity index (χ2v) is 5.82. The molecule has 1 rings (SSSR count). The van der Waals surface area contributed by atoms with E-state index in [0.717, 1.165) is 12.8 Å². The summed E-state index contributed by atoms with van der Waals surface area (Å²) >= 11 is 0. The fourth-order valence-electron chi connectivity index (χ4n) is 1.87. The number of rotatable bonds is 1. The first-order valence-electron chi connectivity index (χ1n) is 6.82. The first kappa shape index (κ1) is 16.9. The Morgan fingerprint density at radius 2 is 1.78 bits per heavy atom. The summed E-state index contributed by atoms with van der Waals surface area (Å²) in [7, 11) is 0. The highest BCUT2D eigenvalue weighted by molar-refractivity contribution is 5.87. The number of carbonyl (C=O) groups is 2. The van der Waals surface area contributed by atoms with Crippen molar-refractivity contribution in [3.8, 4) is 0 Å². The molecule has 1 aliphatic rings. The van der Waals surface area contributed by atoms with Gasteiger partial charge in [-0.1, -0.05) is 20.3 Å². The minimum Gasteiger partial charge on any atom is -0.350 e. The van der Waals surface area contributed by atoms with E-state index < -0.39 is 0 Å². The van der Waals surface area contributed by atoms with Gasteiger partial charge >= 0.3 is 0 Å². The molecule has 18 heavy (non-hydrogen) atoms. The molecule has 1 saturated heterocycles. The molecule has 1 N–H and O–H groups in total. The van der Waals surface area contributed by atoms with E-state index in [4.69, 9.17) is 0 Å². The molecule has 1 aliphatic heterocycles. The third-order valence-corrected chi connectivity index (χ3v) is 2.46. The Balaban J connectivity index is 0.000000873. The van der Waals surface area contributed by atoms with E-state index in [9.17, 15) is 9.59 Å². The van der Waals surface area contributed by atoms with Crippen LogP contribution >= 0.6 is 0 Å². The van der Waals surface area contributed by atoms with Gasteiger partial charge in [0.1, 0.15) is 6.04 Å². The number of hydrogen-bond donors (Lipinski definition) is 1. The smallest absolute Gasteiger partial charge is 0.243 e. The van der Waals surface area contributed by atoms with Gasteiger partial charge in [-0.3, -0.25) is 9.59 Å². The highest BCUT2D eigenvalue weighted by Crippen LogP contribution is 2.18. The standard InChI is InChI=1S/C11H20N2O2.C3H8/c1-8(14)13-7-5-6-9(13)10(15)12-11(2,3)4;1-3-2/h9H,5-7H2,1-4H3,(H,12,15);3H2,1-2H3. The van der Waals surface area contributed by atoms with E-state index in [2.05, 4.69) is 19.2 Å². The fourth-order valence-corrected chi connectivity index (χ4v) is 1.87. The van der Waals surface area contributed by atoms with Crippen molar-refractivity contribution in [2.45, 2.75) is 72.4 Å². The predicted molar refractivity (Wildman–Crippen MR) is 74.3 cm³/mol. The fraction of sp³-hybridized carbons (Fsp3) is 0.857. The highest BCUT2D eigenvalue weighted by atomic mass is 16.2. The molecule has 0 bridgehead atoms. The Hall–Kier alpha value is -1.06. The summed E-state index contributed by atoms with van der Waals surface area (Å²) in [4.78, 5) is 24.8. The van der Waals surface area contributed by atoms with Crippen LogP contribution in [0.5, 0.6) is 0 Å². The number of hydrogen-bond acceptors (Lipinski definition) is 2. The Labute approximate surface area is 111 Å². The van der Waals surface area contributed by atoms with Crippen molar-refractivity contribution in [3.63, 3.8) is 0 Å². The monoisotopic (exact) mass is 256 g/mol. The molecule has 4 heteroatoms. The van der Waals surface area contributed by atoms with E-state index in [1.165, 1.54) is 13.3 Å². The van der Waals surface area contributed by atoms with Crippen LogP contribution in [0.25, 0.3) is 0 Å². The average molecular weight is 256 g/mol. The molecular weight excluding hydrogens is 228 g/mol. The maximum absolute atomic E-state index is 11.9. The summed E-state index contributed by atoms with van der Waals surface area (Å²) in [5.41, 5.74) is -0.234. The van der Waals surface area contributed by atoms with E-state index in [0.29, 0.717) is 6.54 Å². The van der Waals surface area contributed by atoms with Crippen molar-refractivity contribution >= 4 is 11.8 Å². The van der Waals surface area contributed by atoms with Gasteiger partial charge in [0.2, 0.25) is 11.8 Å². The minimum atomic E-state index is -0.262. The molecule has 1 unspecified atom stereocenters. The summed E-state index contributed by atoms with van der Waals surface area (Å²) in [5.74, 6) is -0.0447. The molecule has 0 aromatic rings. The van der Waals surface area contributed by atoms with Crippen molar-refractivity contribution in [1.29, 1.82) is 0 Å². The first-order valence-corrected chi connectivity index (χ1v) is 6.82. The van der Waals surface area contributed by atoms with Crippen LogP contribution in [0.4, 0.5) is 0 Å². The van der Waals surface area contributed by atoms with Gasteiger partial charge in [0, 0.05) is 19.0 Å². The lowest BCUT2D eigenvalue weighted by Gasteiger charge is -2.27. The van der Waals surface area contributed by atoms with Crippen LogP contribution in [0.1, 0.15) is 60.8 Å². The second kappa shape index (κ2) is 7.39. The van der Waals surface area contributed by atoms with Crippen LogP contribution in [0.2, 0.25) is 0 Å². The average Bonchev–Trinajstić information content (AvgIpc) is 2.63. The van der Waals surface area contributed by atoms with Crippen LogP contribution in [0.3, 0.4) is 0 Å². The maximum Gasteiger partial charge on any atom is 0.243 e. The predicted octanol–water partition coefficient (Wildman–Crippen LogP) is 2.33. The largest absolute Gasteiger partial charge is 0.350 e. The molecule has 1 fully saturated rings. The molecular formula is C14H28N2O2. The quantitative estimate of drug-likeness (QED) is 0.783. The van der Waals surface area contributed by atoms with Gasteiger partial charge in [-0.2, -0.15) is 0 Å². The molecule has 0 radical (unpaired) electrons. The lowest BCUT2D eigenvalue weighted by Crippen LogP contribution is -2.50. The second-order valence-electron chi connectivity index (χ2n) is 5.82. The van der Waals surface area contributed by atoms with Gasteiger partial charge in [-0.25, -0.2) is 0 Å². The molecule has 1 heterocycles. The van der Waals surface area contributed by atoms with E-state index >= 15 is 0 Å². The zero-order valence-electron chi connectivity index (χ0n) is 12.7. The zero-order valence-corrected chi connectivity index (χ0v) is 12.7. The molecule has 0 spiro atoms. The van der Waals surface area contributed by atoms with E-state index in [-0.39, 0.29) is 23.4 Å². The number of likely N-dealkylation sites (tertiary alicyclic amines) is 1. The zero-order chi connectivity index (χ0) is 14.3. The van der Waals surface area contributed by atoms with Crippen molar-refractivity contribution in [2.24, 2.45) is 0 Å². The Kier molecular flexibility index (Phi) is 6.96. The summed E-state index contributed by atoms with van der Waals surface area (Å²) in [6.07, 6.45) is 2.95. The Bertz CT molecular complexity index is 282. The lowest BCUT2D eigenvalue weighted by atomic mass is 10.1. The number of nitrogens with one attached hydrogen (secondary N) is 1. The molecule has 0 aromatic heterocycles. The minimum absolute atomic E-state index is 0.0124. The first-order chi connectivity index (χ1) is 8.22. The van der Waals surface area contributed by atoms with E-state index in [1.807, 2.05) is 20.8 Å². The SMILES string of the molecule is CC(=O)N1CCCC1C(=O)NC(C)(C)C.CCC. The molecule has 0 aromatic carbocycles. The number of carbonyl (C=O) groups excluding carboxylic acids is 2. The normalized spacial score (nSPS) is 19.0. The van der Waals surface area contributed by atoms with Gasteiger partial charge in [-0.05, 0) is 33.6 Å². The molecule has 0 saturated carbocycles. The topological polar surface area (TPSA) is 49.4 Å².